The molecule has 0 saturated heterocycles. The third-order valence-corrected chi connectivity index (χ3v) is 3.51. The average Bonchev–Trinajstić information content (AvgIpc) is 2.54. The second-order valence-electron chi connectivity index (χ2n) is 5.87. The normalized spacial score (nSPS) is 11.6. The minimum absolute atomic E-state index is 0.109. The quantitative estimate of drug-likeness (QED) is 0.816. The molecule has 128 valence electrons. The Morgan fingerprint density at radius 1 is 1.12 bits per heavy atom. The van der Waals surface area contributed by atoms with Crippen LogP contribution in [0.2, 0.25) is 0 Å². The van der Waals surface area contributed by atoms with Gasteiger partial charge in [-0.2, -0.15) is 13.2 Å². The minimum atomic E-state index is -4.40. The summed E-state index contributed by atoms with van der Waals surface area (Å²) in [7, 11) is 0. The predicted octanol–water partition coefficient (Wildman–Crippen LogP) is 4.29. The van der Waals surface area contributed by atoms with Crippen LogP contribution in [0, 0.1) is 5.92 Å². The summed E-state index contributed by atoms with van der Waals surface area (Å²) < 4.78 is 38.5. The maximum atomic E-state index is 12.8. The highest BCUT2D eigenvalue weighted by Crippen LogP contribution is 2.30. The Morgan fingerprint density at radius 2 is 1.88 bits per heavy atom. The summed E-state index contributed by atoms with van der Waals surface area (Å²) in [5.41, 5.74) is 0.419. The first-order valence-corrected chi connectivity index (χ1v) is 7.62. The Bertz CT molecular complexity index is 684. The van der Waals surface area contributed by atoms with E-state index < -0.39 is 11.7 Å². The SMILES string of the molecule is CC(C)C(=O)N(Cc1cccc(C(F)(F)F)c1)Cc1ccccn1. The highest BCUT2D eigenvalue weighted by molar-refractivity contribution is 5.78. The van der Waals surface area contributed by atoms with Crippen molar-refractivity contribution in [2.24, 2.45) is 5.92 Å². The van der Waals surface area contributed by atoms with Gasteiger partial charge in [0.05, 0.1) is 17.8 Å². The Labute approximate surface area is 139 Å². The van der Waals surface area contributed by atoms with Crippen molar-refractivity contribution in [3.8, 4) is 0 Å². The molecule has 6 heteroatoms. The van der Waals surface area contributed by atoms with Gasteiger partial charge in [-0.25, -0.2) is 0 Å². The monoisotopic (exact) mass is 336 g/mol. The first-order valence-electron chi connectivity index (χ1n) is 7.62. The van der Waals surface area contributed by atoms with Gasteiger partial charge in [0.15, 0.2) is 0 Å². The lowest BCUT2D eigenvalue weighted by atomic mass is 10.1. The minimum Gasteiger partial charge on any atom is -0.332 e. The summed E-state index contributed by atoms with van der Waals surface area (Å²) in [5.74, 6) is -0.377. The van der Waals surface area contributed by atoms with Gasteiger partial charge in [0.25, 0.3) is 0 Å². The standard InChI is InChI=1S/C18H19F3N2O/c1-13(2)17(24)23(12-16-8-3-4-9-22-16)11-14-6-5-7-15(10-14)18(19,20)21/h3-10,13H,11-12H2,1-2H3. The molecular formula is C18H19F3N2O. The summed E-state index contributed by atoms with van der Waals surface area (Å²) in [6, 6.07) is 10.4. The van der Waals surface area contributed by atoms with E-state index in [9.17, 15) is 18.0 Å². The first-order chi connectivity index (χ1) is 11.3. The van der Waals surface area contributed by atoms with Crippen molar-refractivity contribution in [2.75, 3.05) is 0 Å². The van der Waals surface area contributed by atoms with Gasteiger partial charge in [0.2, 0.25) is 5.91 Å². The molecule has 1 aromatic carbocycles. The van der Waals surface area contributed by atoms with Crippen LogP contribution in [0.4, 0.5) is 13.2 Å². The number of halogens is 3. The van der Waals surface area contributed by atoms with Crippen molar-refractivity contribution in [3.63, 3.8) is 0 Å². The molecule has 2 rings (SSSR count). The van der Waals surface area contributed by atoms with Crippen LogP contribution in [0.1, 0.15) is 30.7 Å². The highest BCUT2D eigenvalue weighted by atomic mass is 19.4. The highest BCUT2D eigenvalue weighted by Gasteiger charge is 2.30. The van der Waals surface area contributed by atoms with Crippen molar-refractivity contribution in [3.05, 3.63) is 65.5 Å². The van der Waals surface area contributed by atoms with Crippen LogP contribution in [0.3, 0.4) is 0 Å². The molecule has 3 nitrogen and oxygen atoms in total. The molecule has 24 heavy (non-hydrogen) atoms. The average molecular weight is 336 g/mol. The molecule has 1 aromatic heterocycles. The van der Waals surface area contributed by atoms with E-state index >= 15 is 0 Å². The lowest BCUT2D eigenvalue weighted by Crippen LogP contribution is -2.33. The van der Waals surface area contributed by atoms with Crippen molar-refractivity contribution in [2.45, 2.75) is 33.1 Å². The Balaban J connectivity index is 2.24. The number of carbonyl (C=O) groups excluding carboxylic acids is 1. The molecular weight excluding hydrogens is 317 g/mol. The zero-order valence-electron chi connectivity index (χ0n) is 13.5. The summed E-state index contributed by atoms with van der Waals surface area (Å²) in [6.45, 7) is 3.89. The van der Waals surface area contributed by atoms with Crippen LogP contribution in [0.15, 0.2) is 48.7 Å². The summed E-state index contributed by atoms with van der Waals surface area (Å²) >= 11 is 0. The first kappa shape index (κ1) is 18.0. The molecule has 0 aliphatic rings. The number of nitrogens with zero attached hydrogens (tertiary/aromatic N) is 2. The molecule has 0 aliphatic heterocycles. The molecule has 0 bridgehead atoms. The van der Waals surface area contributed by atoms with Gasteiger partial charge in [-0.05, 0) is 29.8 Å². The number of rotatable bonds is 5. The largest absolute Gasteiger partial charge is 0.416 e. The van der Waals surface area contributed by atoms with Crippen molar-refractivity contribution < 1.29 is 18.0 Å². The fraction of sp³-hybridized carbons (Fsp3) is 0.333. The molecule has 0 spiro atoms. The second kappa shape index (κ2) is 7.47. The van der Waals surface area contributed by atoms with E-state index in [0.717, 1.165) is 12.1 Å². The van der Waals surface area contributed by atoms with Crippen LogP contribution in [-0.4, -0.2) is 15.8 Å². The van der Waals surface area contributed by atoms with E-state index in [1.165, 1.54) is 11.0 Å². The van der Waals surface area contributed by atoms with Gasteiger partial charge < -0.3 is 4.90 Å². The number of carbonyl (C=O) groups is 1. The molecule has 0 radical (unpaired) electrons. The number of hydrogen-bond acceptors (Lipinski definition) is 2. The molecule has 0 atom stereocenters. The van der Waals surface area contributed by atoms with E-state index in [4.69, 9.17) is 0 Å². The second-order valence-corrected chi connectivity index (χ2v) is 5.87. The van der Waals surface area contributed by atoms with E-state index in [2.05, 4.69) is 4.98 Å². The molecule has 1 amide bonds. The van der Waals surface area contributed by atoms with Crippen LogP contribution >= 0.6 is 0 Å². The Morgan fingerprint density at radius 3 is 2.46 bits per heavy atom. The van der Waals surface area contributed by atoms with Crippen molar-refractivity contribution in [1.29, 1.82) is 0 Å². The number of aromatic nitrogens is 1. The fourth-order valence-electron chi connectivity index (χ4n) is 2.33. The molecule has 2 aromatic rings. The maximum Gasteiger partial charge on any atom is 0.416 e. The van der Waals surface area contributed by atoms with Crippen LogP contribution in [0.5, 0.6) is 0 Å². The number of benzene rings is 1. The molecule has 1 heterocycles. The number of alkyl halides is 3. The summed E-state index contributed by atoms with van der Waals surface area (Å²) in [6.07, 6.45) is -2.78. The molecule has 0 saturated carbocycles. The smallest absolute Gasteiger partial charge is 0.332 e. The maximum absolute atomic E-state index is 12.8. The lowest BCUT2D eigenvalue weighted by Gasteiger charge is -2.25. The van der Waals surface area contributed by atoms with E-state index in [0.29, 0.717) is 11.3 Å². The van der Waals surface area contributed by atoms with Crippen molar-refractivity contribution in [1.82, 2.24) is 9.88 Å². The van der Waals surface area contributed by atoms with Crippen LogP contribution < -0.4 is 0 Å². The van der Waals surface area contributed by atoms with Gasteiger partial charge in [0.1, 0.15) is 0 Å². The van der Waals surface area contributed by atoms with Crippen LogP contribution in [-0.2, 0) is 24.1 Å². The van der Waals surface area contributed by atoms with Gasteiger partial charge in [-0.15, -0.1) is 0 Å². The van der Waals surface area contributed by atoms with E-state index in [-0.39, 0.29) is 24.9 Å². The Hall–Kier alpha value is -2.37. The van der Waals surface area contributed by atoms with Crippen molar-refractivity contribution >= 4 is 5.91 Å². The summed E-state index contributed by atoms with van der Waals surface area (Å²) in [5, 5.41) is 0. The van der Waals surface area contributed by atoms with E-state index in [1.807, 2.05) is 6.07 Å². The fourth-order valence-corrected chi connectivity index (χ4v) is 2.33. The van der Waals surface area contributed by atoms with Gasteiger partial charge in [0, 0.05) is 18.7 Å². The lowest BCUT2D eigenvalue weighted by molar-refractivity contribution is -0.137. The summed E-state index contributed by atoms with van der Waals surface area (Å²) in [4.78, 5) is 18.1. The molecule has 0 N–H and O–H groups in total. The number of hydrogen-bond donors (Lipinski definition) is 0. The zero-order chi connectivity index (χ0) is 17.7. The Kier molecular flexibility index (Phi) is 5.59. The predicted molar refractivity (Wildman–Crippen MR) is 84.8 cm³/mol. The van der Waals surface area contributed by atoms with Gasteiger partial charge in [-0.3, -0.25) is 9.78 Å². The van der Waals surface area contributed by atoms with Gasteiger partial charge >= 0.3 is 6.18 Å². The molecule has 0 unspecified atom stereocenters. The van der Waals surface area contributed by atoms with Gasteiger partial charge in [-0.1, -0.05) is 32.0 Å². The van der Waals surface area contributed by atoms with Crippen LogP contribution in [0.25, 0.3) is 0 Å². The van der Waals surface area contributed by atoms with E-state index in [1.54, 1.807) is 38.2 Å². The topological polar surface area (TPSA) is 33.2 Å². The number of amides is 1. The third-order valence-electron chi connectivity index (χ3n) is 3.51. The zero-order valence-corrected chi connectivity index (χ0v) is 13.5. The molecule has 0 fully saturated rings. The molecule has 0 aliphatic carbocycles. The third kappa shape index (κ3) is 4.81. The number of pyridine rings is 1.